The predicted molar refractivity (Wildman–Crippen MR) is 74.1 cm³/mol. The molecule has 0 bridgehead atoms. The highest BCUT2D eigenvalue weighted by Crippen LogP contribution is 2.30. The second kappa shape index (κ2) is 6.79. The van der Waals surface area contributed by atoms with Crippen molar-refractivity contribution in [2.45, 2.75) is 44.6 Å². The Labute approximate surface area is 110 Å². The van der Waals surface area contributed by atoms with Crippen LogP contribution in [0.15, 0.2) is 24.3 Å². The molecular formula is C16H24O2. The second-order valence-electron chi connectivity index (χ2n) is 5.21. The Morgan fingerprint density at radius 2 is 2.00 bits per heavy atom. The Morgan fingerprint density at radius 3 is 2.78 bits per heavy atom. The normalized spacial score (nSPS) is 23.9. The van der Waals surface area contributed by atoms with Gasteiger partial charge in [-0.2, -0.15) is 0 Å². The highest BCUT2D eigenvalue weighted by Gasteiger charge is 2.24. The van der Waals surface area contributed by atoms with Gasteiger partial charge in [0.25, 0.3) is 0 Å². The van der Waals surface area contributed by atoms with Crippen molar-refractivity contribution >= 4 is 0 Å². The van der Waals surface area contributed by atoms with Crippen LogP contribution in [0.2, 0.25) is 0 Å². The lowest BCUT2D eigenvalue weighted by atomic mass is 9.82. The first-order chi connectivity index (χ1) is 8.83. The van der Waals surface area contributed by atoms with Gasteiger partial charge in [0.15, 0.2) is 0 Å². The molecule has 0 amide bonds. The van der Waals surface area contributed by atoms with Crippen molar-refractivity contribution in [3.05, 3.63) is 29.8 Å². The summed E-state index contributed by atoms with van der Waals surface area (Å²) in [4.78, 5) is 0. The van der Waals surface area contributed by atoms with E-state index in [4.69, 9.17) is 9.47 Å². The van der Waals surface area contributed by atoms with Crippen LogP contribution < -0.4 is 4.74 Å². The van der Waals surface area contributed by atoms with Gasteiger partial charge in [0.2, 0.25) is 0 Å². The number of methoxy groups -OCH3 is 2. The van der Waals surface area contributed by atoms with Crippen LogP contribution in [0.3, 0.4) is 0 Å². The van der Waals surface area contributed by atoms with E-state index in [0.717, 1.165) is 18.1 Å². The molecule has 0 N–H and O–H groups in total. The molecule has 1 aliphatic carbocycles. The molecule has 0 aliphatic heterocycles. The highest BCUT2D eigenvalue weighted by molar-refractivity contribution is 5.28. The molecule has 1 fully saturated rings. The standard InChI is InChI=1S/C16H24O2/c1-17-15-8-5-6-13(12-15)10-11-14-7-3-4-9-16(14)18-2/h5-6,8,12,14,16H,3-4,7,9-11H2,1-2H3. The fourth-order valence-electron chi connectivity index (χ4n) is 2.99. The molecule has 0 saturated heterocycles. The lowest BCUT2D eigenvalue weighted by molar-refractivity contribution is 0.0205. The number of hydrogen-bond acceptors (Lipinski definition) is 2. The molecule has 100 valence electrons. The Hall–Kier alpha value is -1.02. The molecule has 2 nitrogen and oxygen atoms in total. The minimum absolute atomic E-state index is 0.476. The lowest BCUT2D eigenvalue weighted by Crippen LogP contribution is -2.26. The summed E-state index contributed by atoms with van der Waals surface area (Å²) in [6.07, 6.45) is 8.08. The molecule has 2 atom stereocenters. The first kappa shape index (κ1) is 13.4. The third-order valence-corrected chi connectivity index (χ3v) is 4.08. The summed E-state index contributed by atoms with van der Waals surface area (Å²) in [5, 5.41) is 0. The van der Waals surface area contributed by atoms with E-state index in [1.807, 2.05) is 13.2 Å². The van der Waals surface area contributed by atoms with Gasteiger partial charge in [-0.25, -0.2) is 0 Å². The van der Waals surface area contributed by atoms with Crippen molar-refractivity contribution in [2.24, 2.45) is 5.92 Å². The van der Waals surface area contributed by atoms with Crippen LogP contribution in [-0.2, 0) is 11.2 Å². The smallest absolute Gasteiger partial charge is 0.119 e. The summed E-state index contributed by atoms with van der Waals surface area (Å²) in [5.41, 5.74) is 1.37. The number of ether oxygens (including phenoxy) is 2. The number of hydrogen-bond donors (Lipinski definition) is 0. The van der Waals surface area contributed by atoms with E-state index in [1.165, 1.54) is 37.7 Å². The lowest BCUT2D eigenvalue weighted by Gasteiger charge is -2.30. The largest absolute Gasteiger partial charge is 0.497 e. The van der Waals surface area contributed by atoms with Crippen molar-refractivity contribution in [1.82, 2.24) is 0 Å². The van der Waals surface area contributed by atoms with Gasteiger partial charge in [0.05, 0.1) is 13.2 Å². The molecule has 0 spiro atoms. The SMILES string of the molecule is COc1cccc(CCC2CCCCC2OC)c1. The zero-order valence-corrected chi connectivity index (χ0v) is 11.5. The molecule has 18 heavy (non-hydrogen) atoms. The van der Waals surface area contributed by atoms with Gasteiger partial charge in [0.1, 0.15) is 5.75 Å². The van der Waals surface area contributed by atoms with Crippen LogP contribution in [0.4, 0.5) is 0 Å². The predicted octanol–water partition coefficient (Wildman–Crippen LogP) is 3.83. The Bertz CT molecular complexity index is 362. The maximum absolute atomic E-state index is 5.61. The first-order valence-electron chi connectivity index (χ1n) is 6.99. The van der Waals surface area contributed by atoms with Crippen molar-refractivity contribution < 1.29 is 9.47 Å². The van der Waals surface area contributed by atoms with Crippen LogP contribution in [0.5, 0.6) is 5.75 Å². The van der Waals surface area contributed by atoms with Gasteiger partial charge in [-0.15, -0.1) is 0 Å². The van der Waals surface area contributed by atoms with Crippen molar-refractivity contribution in [1.29, 1.82) is 0 Å². The average Bonchev–Trinajstić information content (AvgIpc) is 2.45. The topological polar surface area (TPSA) is 18.5 Å². The number of rotatable bonds is 5. The van der Waals surface area contributed by atoms with E-state index >= 15 is 0 Å². The Balaban J connectivity index is 1.89. The van der Waals surface area contributed by atoms with Gasteiger partial charge in [0, 0.05) is 7.11 Å². The summed E-state index contributed by atoms with van der Waals surface area (Å²) in [6, 6.07) is 8.41. The van der Waals surface area contributed by atoms with Crippen LogP contribution in [-0.4, -0.2) is 20.3 Å². The first-order valence-corrected chi connectivity index (χ1v) is 6.99. The van der Waals surface area contributed by atoms with E-state index in [2.05, 4.69) is 18.2 Å². The van der Waals surface area contributed by atoms with E-state index in [0.29, 0.717) is 6.10 Å². The maximum atomic E-state index is 5.61. The maximum Gasteiger partial charge on any atom is 0.119 e. The summed E-state index contributed by atoms with van der Waals surface area (Å²) in [6.45, 7) is 0. The second-order valence-corrected chi connectivity index (χ2v) is 5.21. The fraction of sp³-hybridized carbons (Fsp3) is 0.625. The van der Waals surface area contributed by atoms with E-state index in [9.17, 15) is 0 Å². The minimum atomic E-state index is 0.476. The van der Waals surface area contributed by atoms with E-state index < -0.39 is 0 Å². The fourth-order valence-corrected chi connectivity index (χ4v) is 2.99. The van der Waals surface area contributed by atoms with E-state index in [1.54, 1.807) is 7.11 Å². The van der Waals surface area contributed by atoms with Gasteiger partial charge >= 0.3 is 0 Å². The van der Waals surface area contributed by atoms with Crippen molar-refractivity contribution in [3.8, 4) is 5.75 Å². The Morgan fingerprint density at radius 1 is 1.17 bits per heavy atom. The zero-order chi connectivity index (χ0) is 12.8. The third-order valence-electron chi connectivity index (χ3n) is 4.08. The number of benzene rings is 1. The van der Waals surface area contributed by atoms with Crippen molar-refractivity contribution in [2.75, 3.05) is 14.2 Å². The molecule has 0 radical (unpaired) electrons. The Kier molecular flexibility index (Phi) is 5.06. The molecule has 1 aromatic rings. The van der Waals surface area contributed by atoms with Gasteiger partial charge < -0.3 is 9.47 Å². The molecule has 1 saturated carbocycles. The molecule has 0 heterocycles. The molecule has 2 heteroatoms. The van der Waals surface area contributed by atoms with Crippen molar-refractivity contribution in [3.63, 3.8) is 0 Å². The monoisotopic (exact) mass is 248 g/mol. The van der Waals surface area contributed by atoms with Crippen LogP contribution in [0, 0.1) is 5.92 Å². The molecule has 2 unspecified atom stereocenters. The molecule has 1 aliphatic rings. The summed E-state index contributed by atoms with van der Waals surface area (Å²) in [5.74, 6) is 1.69. The molecule has 2 rings (SSSR count). The summed E-state index contributed by atoms with van der Waals surface area (Å²) < 4.78 is 10.9. The summed E-state index contributed by atoms with van der Waals surface area (Å²) >= 11 is 0. The zero-order valence-electron chi connectivity index (χ0n) is 11.5. The molecular weight excluding hydrogens is 224 g/mol. The van der Waals surface area contributed by atoms with Crippen LogP contribution in [0.25, 0.3) is 0 Å². The molecule has 1 aromatic carbocycles. The van der Waals surface area contributed by atoms with Gasteiger partial charge in [-0.3, -0.25) is 0 Å². The third kappa shape index (κ3) is 3.49. The molecule has 0 aromatic heterocycles. The quantitative estimate of drug-likeness (QED) is 0.788. The van der Waals surface area contributed by atoms with Crippen LogP contribution >= 0.6 is 0 Å². The minimum Gasteiger partial charge on any atom is -0.497 e. The van der Waals surface area contributed by atoms with Gasteiger partial charge in [-0.1, -0.05) is 25.0 Å². The number of aryl methyl sites for hydroxylation is 1. The van der Waals surface area contributed by atoms with E-state index in [-0.39, 0.29) is 0 Å². The average molecular weight is 248 g/mol. The highest BCUT2D eigenvalue weighted by atomic mass is 16.5. The summed E-state index contributed by atoms with van der Waals surface area (Å²) in [7, 11) is 3.58. The van der Waals surface area contributed by atoms with Crippen LogP contribution in [0.1, 0.15) is 37.7 Å². The van der Waals surface area contributed by atoms with Gasteiger partial charge in [-0.05, 0) is 49.3 Å².